The highest BCUT2D eigenvalue weighted by molar-refractivity contribution is 5.96. The molecule has 0 unspecified atom stereocenters. The summed E-state index contributed by atoms with van der Waals surface area (Å²) in [4.78, 5) is 12.3. The molecule has 0 aromatic heterocycles. The molecule has 3 heteroatoms. The van der Waals surface area contributed by atoms with Gasteiger partial charge in [0.2, 0.25) is 5.91 Å². The number of carbonyl (C=O) groups is 1. The Hall–Kier alpha value is -2.29. The maximum Gasteiger partial charge on any atom is 0.228 e. The molecule has 3 rings (SSSR count). The minimum absolute atomic E-state index is 0.0325. The van der Waals surface area contributed by atoms with Gasteiger partial charge < -0.3 is 10.6 Å². The summed E-state index contributed by atoms with van der Waals surface area (Å²) in [6.45, 7) is 3.01. The number of para-hydroxylation sites is 1. The van der Waals surface area contributed by atoms with Gasteiger partial charge in [-0.3, -0.25) is 4.79 Å². The van der Waals surface area contributed by atoms with E-state index in [0.717, 1.165) is 41.9 Å². The van der Waals surface area contributed by atoms with E-state index in [-0.39, 0.29) is 5.91 Å². The Morgan fingerprint density at radius 1 is 1.19 bits per heavy atom. The van der Waals surface area contributed by atoms with Crippen LogP contribution < -0.4 is 10.6 Å². The first-order valence-electron chi connectivity index (χ1n) is 7.44. The molecule has 0 bridgehead atoms. The van der Waals surface area contributed by atoms with Crippen molar-refractivity contribution >= 4 is 17.3 Å². The topological polar surface area (TPSA) is 41.1 Å². The standard InChI is InChI=1S/C18H20N2O/c1-13-6-2-3-7-15(13)12-17(21)20-16-10-4-8-14-9-5-11-19-18(14)16/h2-4,6-8,10,19H,5,9,11-12H2,1H3,(H,20,21). The van der Waals surface area contributed by atoms with Crippen molar-refractivity contribution in [3.63, 3.8) is 0 Å². The van der Waals surface area contributed by atoms with Crippen LogP contribution in [0.3, 0.4) is 0 Å². The number of anilines is 2. The lowest BCUT2D eigenvalue weighted by Crippen LogP contribution is -2.19. The molecular weight excluding hydrogens is 260 g/mol. The van der Waals surface area contributed by atoms with Crippen molar-refractivity contribution in [1.29, 1.82) is 0 Å². The Bertz CT molecular complexity index is 664. The average Bonchev–Trinajstić information content (AvgIpc) is 2.50. The smallest absolute Gasteiger partial charge is 0.228 e. The molecule has 1 aliphatic rings. The van der Waals surface area contributed by atoms with Gasteiger partial charge in [-0.25, -0.2) is 0 Å². The Balaban J connectivity index is 1.75. The van der Waals surface area contributed by atoms with Crippen molar-refractivity contribution in [2.75, 3.05) is 17.2 Å². The maximum atomic E-state index is 12.3. The number of fused-ring (bicyclic) bond motifs is 1. The average molecular weight is 280 g/mol. The van der Waals surface area contributed by atoms with Crippen molar-refractivity contribution in [2.24, 2.45) is 0 Å². The van der Waals surface area contributed by atoms with E-state index in [4.69, 9.17) is 0 Å². The summed E-state index contributed by atoms with van der Waals surface area (Å²) in [6, 6.07) is 14.1. The number of amides is 1. The number of nitrogens with one attached hydrogen (secondary N) is 2. The highest BCUT2D eigenvalue weighted by atomic mass is 16.1. The van der Waals surface area contributed by atoms with Crippen molar-refractivity contribution < 1.29 is 4.79 Å². The maximum absolute atomic E-state index is 12.3. The summed E-state index contributed by atoms with van der Waals surface area (Å²) < 4.78 is 0. The molecule has 0 radical (unpaired) electrons. The highest BCUT2D eigenvalue weighted by Gasteiger charge is 2.14. The van der Waals surface area contributed by atoms with Crippen LogP contribution in [0.5, 0.6) is 0 Å². The highest BCUT2D eigenvalue weighted by Crippen LogP contribution is 2.30. The van der Waals surface area contributed by atoms with E-state index in [1.807, 2.05) is 43.3 Å². The normalized spacial score (nSPS) is 13.2. The predicted molar refractivity (Wildman–Crippen MR) is 86.8 cm³/mol. The van der Waals surface area contributed by atoms with Crippen LogP contribution in [0.15, 0.2) is 42.5 Å². The van der Waals surface area contributed by atoms with Gasteiger partial charge >= 0.3 is 0 Å². The summed E-state index contributed by atoms with van der Waals surface area (Å²) >= 11 is 0. The van der Waals surface area contributed by atoms with E-state index >= 15 is 0 Å². The summed E-state index contributed by atoms with van der Waals surface area (Å²) in [6.07, 6.45) is 2.63. The molecule has 2 N–H and O–H groups in total. The molecule has 0 atom stereocenters. The van der Waals surface area contributed by atoms with E-state index in [2.05, 4.69) is 16.7 Å². The van der Waals surface area contributed by atoms with E-state index in [0.29, 0.717) is 6.42 Å². The molecule has 2 aromatic rings. The number of aryl methyl sites for hydroxylation is 2. The van der Waals surface area contributed by atoms with E-state index in [1.165, 1.54) is 5.56 Å². The fourth-order valence-electron chi connectivity index (χ4n) is 2.79. The predicted octanol–water partition coefficient (Wildman–Crippen LogP) is 3.53. The van der Waals surface area contributed by atoms with Gasteiger partial charge in [0.1, 0.15) is 0 Å². The zero-order chi connectivity index (χ0) is 14.7. The van der Waals surface area contributed by atoms with E-state index in [9.17, 15) is 4.79 Å². The lowest BCUT2D eigenvalue weighted by atomic mass is 10.0. The zero-order valence-corrected chi connectivity index (χ0v) is 12.3. The van der Waals surface area contributed by atoms with E-state index in [1.54, 1.807) is 0 Å². The first-order valence-corrected chi connectivity index (χ1v) is 7.44. The number of benzene rings is 2. The van der Waals surface area contributed by atoms with Crippen LogP contribution in [0.2, 0.25) is 0 Å². The quantitative estimate of drug-likeness (QED) is 0.903. The molecule has 108 valence electrons. The van der Waals surface area contributed by atoms with Crippen LogP contribution >= 0.6 is 0 Å². The molecule has 0 saturated carbocycles. The number of carbonyl (C=O) groups excluding carboxylic acids is 1. The minimum Gasteiger partial charge on any atom is -0.383 e. The number of rotatable bonds is 3. The Morgan fingerprint density at radius 2 is 2.05 bits per heavy atom. The zero-order valence-electron chi connectivity index (χ0n) is 12.3. The van der Waals surface area contributed by atoms with Crippen LogP contribution in [0.25, 0.3) is 0 Å². The van der Waals surface area contributed by atoms with Gasteiger partial charge in [0.15, 0.2) is 0 Å². The molecule has 0 saturated heterocycles. The van der Waals surface area contributed by atoms with Crippen molar-refractivity contribution in [2.45, 2.75) is 26.2 Å². The van der Waals surface area contributed by atoms with Gasteiger partial charge in [-0.1, -0.05) is 36.4 Å². The third kappa shape index (κ3) is 3.07. The second-order valence-corrected chi connectivity index (χ2v) is 5.52. The molecule has 3 nitrogen and oxygen atoms in total. The first-order chi connectivity index (χ1) is 10.2. The number of hydrogen-bond acceptors (Lipinski definition) is 2. The Morgan fingerprint density at radius 3 is 2.90 bits per heavy atom. The molecule has 1 aliphatic heterocycles. The molecule has 2 aromatic carbocycles. The number of hydrogen-bond donors (Lipinski definition) is 2. The monoisotopic (exact) mass is 280 g/mol. The minimum atomic E-state index is 0.0325. The van der Waals surface area contributed by atoms with Crippen LogP contribution in [-0.4, -0.2) is 12.5 Å². The summed E-state index contributed by atoms with van der Waals surface area (Å²) in [5, 5.41) is 6.44. The van der Waals surface area contributed by atoms with Crippen LogP contribution in [0.4, 0.5) is 11.4 Å². The Labute approximate surface area is 125 Å². The first kappa shape index (κ1) is 13.7. The molecule has 1 heterocycles. The van der Waals surface area contributed by atoms with Gasteiger partial charge in [-0.2, -0.15) is 0 Å². The fourth-order valence-corrected chi connectivity index (χ4v) is 2.79. The van der Waals surface area contributed by atoms with Gasteiger partial charge in [0.25, 0.3) is 0 Å². The largest absolute Gasteiger partial charge is 0.383 e. The molecular formula is C18H20N2O. The Kier molecular flexibility index (Phi) is 3.91. The molecule has 21 heavy (non-hydrogen) atoms. The fraction of sp³-hybridized carbons (Fsp3) is 0.278. The van der Waals surface area contributed by atoms with Crippen molar-refractivity contribution in [3.05, 3.63) is 59.2 Å². The molecule has 0 spiro atoms. The van der Waals surface area contributed by atoms with Crippen molar-refractivity contribution in [3.8, 4) is 0 Å². The van der Waals surface area contributed by atoms with Gasteiger partial charge in [-0.05, 0) is 42.5 Å². The summed E-state index contributed by atoms with van der Waals surface area (Å²) in [5.74, 6) is 0.0325. The van der Waals surface area contributed by atoms with Gasteiger partial charge in [-0.15, -0.1) is 0 Å². The second kappa shape index (κ2) is 6.00. The van der Waals surface area contributed by atoms with Gasteiger partial charge in [0, 0.05) is 6.54 Å². The SMILES string of the molecule is Cc1ccccc1CC(=O)Nc1cccc2c1NCCC2. The lowest BCUT2D eigenvalue weighted by Gasteiger charge is -2.21. The van der Waals surface area contributed by atoms with Crippen molar-refractivity contribution in [1.82, 2.24) is 0 Å². The molecule has 0 aliphatic carbocycles. The van der Waals surface area contributed by atoms with E-state index < -0.39 is 0 Å². The summed E-state index contributed by atoms with van der Waals surface area (Å²) in [5.41, 5.74) is 5.50. The molecule has 0 fully saturated rings. The summed E-state index contributed by atoms with van der Waals surface area (Å²) in [7, 11) is 0. The molecule has 1 amide bonds. The lowest BCUT2D eigenvalue weighted by molar-refractivity contribution is -0.115. The van der Waals surface area contributed by atoms with Crippen LogP contribution in [-0.2, 0) is 17.6 Å². The third-order valence-corrected chi connectivity index (χ3v) is 3.96. The van der Waals surface area contributed by atoms with Gasteiger partial charge in [0.05, 0.1) is 17.8 Å². The third-order valence-electron chi connectivity index (χ3n) is 3.96. The van der Waals surface area contributed by atoms with Crippen LogP contribution in [0, 0.1) is 6.92 Å². The van der Waals surface area contributed by atoms with Crippen LogP contribution in [0.1, 0.15) is 23.1 Å². The second-order valence-electron chi connectivity index (χ2n) is 5.52.